The van der Waals surface area contributed by atoms with Crippen molar-refractivity contribution in [3.8, 4) is 0 Å². The first-order valence-electron chi connectivity index (χ1n) is 9.04. The molecule has 132 valence electrons. The number of hydrogen-bond donors (Lipinski definition) is 0. The standard InChI is InChI=1S/C17H18N2O6/c20-14-6-1-10-11(24-10)2-7(6)15(21)18(14)5-19-16(22)8-3-12-13(25-12)4-9(8)17(19)23/h6-13H,1-5H2/t6-,7-,8-,9+,10-,11-,12-,13+/m1/s1. The molecule has 0 N–H and O–H groups in total. The van der Waals surface area contributed by atoms with Crippen molar-refractivity contribution < 1.29 is 28.7 Å². The average molecular weight is 346 g/mol. The fourth-order valence-corrected chi connectivity index (χ4v) is 5.38. The second kappa shape index (κ2) is 4.48. The smallest absolute Gasteiger partial charge is 0.234 e. The second-order valence-corrected chi connectivity index (χ2v) is 8.15. The molecule has 4 aliphatic heterocycles. The van der Waals surface area contributed by atoms with E-state index in [0.717, 1.165) is 9.80 Å². The topological polar surface area (TPSA) is 99.8 Å². The summed E-state index contributed by atoms with van der Waals surface area (Å²) < 4.78 is 10.9. The Morgan fingerprint density at radius 1 is 0.600 bits per heavy atom. The fourth-order valence-electron chi connectivity index (χ4n) is 5.38. The Kier molecular flexibility index (Phi) is 2.58. The van der Waals surface area contributed by atoms with Gasteiger partial charge >= 0.3 is 0 Å². The maximum Gasteiger partial charge on any atom is 0.234 e. The Labute approximate surface area is 143 Å². The molecule has 8 atom stereocenters. The fraction of sp³-hybridized carbons (Fsp3) is 0.765. The number of hydrogen-bond acceptors (Lipinski definition) is 6. The molecule has 6 aliphatic rings. The van der Waals surface area contributed by atoms with Gasteiger partial charge in [-0.1, -0.05) is 0 Å². The van der Waals surface area contributed by atoms with Crippen molar-refractivity contribution in [3.63, 3.8) is 0 Å². The van der Waals surface area contributed by atoms with Gasteiger partial charge in [-0.2, -0.15) is 0 Å². The zero-order chi connectivity index (χ0) is 17.0. The lowest BCUT2D eigenvalue weighted by molar-refractivity contribution is -0.149. The number of rotatable bonds is 2. The molecule has 4 amide bonds. The van der Waals surface area contributed by atoms with E-state index in [1.165, 1.54) is 0 Å². The van der Waals surface area contributed by atoms with Crippen LogP contribution >= 0.6 is 0 Å². The molecule has 0 spiro atoms. The Morgan fingerprint density at radius 2 is 0.880 bits per heavy atom. The number of amides is 4. The van der Waals surface area contributed by atoms with Gasteiger partial charge in [0, 0.05) is 0 Å². The molecule has 0 aromatic carbocycles. The van der Waals surface area contributed by atoms with Crippen molar-refractivity contribution in [3.05, 3.63) is 0 Å². The van der Waals surface area contributed by atoms with E-state index in [2.05, 4.69) is 0 Å². The summed E-state index contributed by atoms with van der Waals surface area (Å²) in [5.74, 6) is -2.45. The third kappa shape index (κ3) is 1.84. The molecule has 25 heavy (non-hydrogen) atoms. The van der Waals surface area contributed by atoms with E-state index in [0.29, 0.717) is 25.7 Å². The van der Waals surface area contributed by atoms with Crippen LogP contribution in [0.1, 0.15) is 25.7 Å². The average Bonchev–Trinajstić information content (AvgIpc) is 3.49. The summed E-state index contributed by atoms with van der Waals surface area (Å²) in [6.45, 7) is -0.221. The molecular weight excluding hydrogens is 328 g/mol. The number of carbonyl (C=O) groups excluding carboxylic acids is 4. The van der Waals surface area contributed by atoms with Crippen molar-refractivity contribution in [2.24, 2.45) is 23.7 Å². The molecule has 4 saturated heterocycles. The molecule has 6 rings (SSSR count). The molecule has 0 aromatic rings. The van der Waals surface area contributed by atoms with Crippen LogP contribution in [0.3, 0.4) is 0 Å². The minimum atomic E-state index is -0.354. The van der Waals surface area contributed by atoms with Crippen LogP contribution in [0, 0.1) is 23.7 Å². The van der Waals surface area contributed by atoms with Gasteiger partial charge in [-0.25, -0.2) is 0 Å². The summed E-state index contributed by atoms with van der Waals surface area (Å²) in [7, 11) is 0. The summed E-state index contributed by atoms with van der Waals surface area (Å²) in [5, 5.41) is 0. The highest BCUT2D eigenvalue weighted by atomic mass is 16.6. The Hall–Kier alpha value is -1.80. The number of epoxide rings is 2. The zero-order valence-corrected chi connectivity index (χ0v) is 13.5. The van der Waals surface area contributed by atoms with Gasteiger partial charge in [0.2, 0.25) is 23.6 Å². The molecule has 0 unspecified atom stereocenters. The van der Waals surface area contributed by atoms with Crippen LogP contribution in [-0.4, -0.2) is 64.5 Å². The highest BCUT2D eigenvalue weighted by Gasteiger charge is 2.61. The molecule has 8 heteroatoms. The molecule has 0 radical (unpaired) electrons. The minimum Gasteiger partial charge on any atom is -0.370 e. The third-order valence-corrected chi connectivity index (χ3v) is 6.91. The lowest BCUT2D eigenvalue weighted by Crippen LogP contribution is -2.45. The van der Waals surface area contributed by atoms with Crippen LogP contribution in [0.2, 0.25) is 0 Å². The van der Waals surface area contributed by atoms with Crippen molar-refractivity contribution in [2.75, 3.05) is 6.67 Å². The van der Waals surface area contributed by atoms with Crippen LogP contribution in [-0.2, 0) is 28.7 Å². The predicted octanol–water partition coefficient (Wildman–Crippen LogP) is -0.731. The molecular formula is C17H18N2O6. The van der Waals surface area contributed by atoms with E-state index in [1.54, 1.807) is 0 Å². The maximum atomic E-state index is 12.7. The van der Waals surface area contributed by atoms with E-state index in [9.17, 15) is 19.2 Å². The van der Waals surface area contributed by atoms with E-state index >= 15 is 0 Å². The molecule has 0 bridgehead atoms. The Bertz CT molecular complexity index is 621. The number of fused-ring (bicyclic) bond motifs is 4. The van der Waals surface area contributed by atoms with Gasteiger partial charge in [-0.3, -0.25) is 29.0 Å². The first kappa shape index (κ1) is 14.4. The largest absolute Gasteiger partial charge is 0.370 e. The second-order valence-electron chi connectivity index (χ2n) is 8.15. The van der Waals surface area contributed by atoms with Crippen LogP contribution in [0.25, 0.3) is 0 Å². The normalized spacial score (nSPS) is 49.8. The Morgan fingerprint density at radius 3 is 1.16 bits per heavy atom. The van der Waals surface area contributed by atoms with Gasteiger partial charge in [-0.05, 0) is 25.7 Å². The van der Waals surface area contributed by atoms with Gasteiger partial charge < -0.3 is 9.47 Å². The summed E-state index contributed by atoms with van der Waals surface area (Å²) in [5.41, 5.74) is 0. The summed E-state index contributed by atoms with van der Waals surface area (Å²) in [6, 6.07) is 0. The number of imide groups is 2. The third-order valence-electron chi connectivity index (χ3n) is 6.91. The number of nitrogens with zero attached hydrogens (tertiary/aromatic N) is 2. The highest BCUT2D eigenvalue weighted by Crippen LogP contribution is 2.49. The number of likely N-dealkylation sites (tertiary alicyclic amines) is 2. The number of ether oxygens (including phenoxy) is 2. The lowest BCUT2D eigenvalue weighted by Gasteiger charge is -2.22. The van der Waals surface area contributed by atoms with Crippen LogP contribution in [0.15, 0.2) is 0 Å². The van der Waals surface area contributed by atoms with Crippen molar-refractivity contribution in [2.45, 2.75) is 50.1 Å². The lowest BCUT2D eigenvalue weighted by atomic mass is 9.81. The van der Waals surface area contributed by atoms with E-state index < -0.39 is 0 Å². The molecule has 0 aromatic heterocycles. The van der Waals surface area contributed by atoms with Crippen LogP contribution in [0.5, 0.6) is 0 Å². The molecule has 4 heterocycles. The molecule has 6 fully saturated rings. The molecule has 2 saturated carbocycles. The van der Waals surface area contributed by atoms with E-state index in [1.807, 2.05) is 0 Å². The van der Waals surface area contributed by atoms with Crippen molar-refractivity contribution >= 4 is 23.6 Å². The zero-order valence-electron chi connectivity index (χ0n) is 13.5. The van der Waals surface area contributed by atoms with Gasteiger partial charge in [0.05, 0.1) is 48.1 Å². The van der Waals surface area contributed by atoms with Gasteiger partial charge in [0.25, 0.3) is 0 Å². The first-order chi connectivity index (χ1) is 12.0. The van der Waals surface area contributed by atoms with E-state index in [-0.39, 0.29) is 78.4 Å². The number of carbonyl (C=O) groups is 4. The summed E-state index contributed by atoms with van der Waals surface area (Å²) in [4.78, 5) is 52.9. The maximum absolute atomic E-state index is 12.7. The van der Waals surface area contributed by atoms with Gasteiger partial charge in [0.15, 0.2) is 0 Å². The van der Waals surface area contributed by atoms with Crippen molar-refractivity contribution in [1.29, 1.82) is 0 Å². The quantitative estimate of drug-likeness (QED) is 0.483. The van der Waals surface area contributed by atoms with Crippen molar-refractivity contribution in [1.82, 2.24) is 9.80 Å². The Balaban J connectivity index is 1.23. The van der Waals surface area contributed by atoms with Crippen LogP contribution < -0.4 is 0 Å². The highest BCUT2D eigenvalue weighted by molar-refractivity contribution is 6.08. The minimum absolute atomic E-state index is 0.0996. The predicted molar refractivity (Wildman–Crippen MR) is 78.3 cm³/mol. The summed E-state index contributed by atoms with van der Waals surface area (Å²) >= 11 is 0. The SMILES string of the molecule is O=C1[C@H]2C[C@@H]3O[C@@H]3C[C@H]2C(=O)N1CN1C(=O)[C@@H]2C[C@H]3O[C@@H]3C[C@H]2C1=O. The molecule has 2 aliphatic carbocycles. The van der Waals surface area contributed by atoms with Gasteiger partial charge in [0.1, 0.15) is 6.67 Å². The van der Waals surface area contributed by atoms with Gasteiger partial charge in [-0.15, -0.1) is 0 Å². The van der Waals surface area contributed by atoms with E-state index in [4.69, 9.17) is 9.47 Å². The molecule has 8 nitrogen and oxygen atoms in total. The monoisotopic (exact) mass is 346 g/mol. The first-order valence-corrected chi connectivity index (χ1v) is 9.04. The van der Waals surface area contributed by atoms with Crippen LogP contribution in [0.4, 0.5) is 0 Å². The summed E-state index contributed by atoms with van der Waals surface area (Å²) in [6.07, 6.45) is 2.69.